The maximum atomic E-state index is 12.9. The molecule has 0 aliphatic carbocycles. The zero-order valence-electron chi connectivity index (χ0n) is 44.7. The number of carbonyl (C=O) groups is 3. The van der Waals surface area contributed by atoms with Crippen LogP contribution in [-0.4, -0.2) is 48.4 Å². The van der Waals surface area contributed by atoms with Gasteiger partial charge in [-0.3, -0.25) is 9.59 Å². The molecule has 0 spiro atoms. The second-order valence-electron chi connectivity index (χ2n) is 19.5. The number of benzene rings is 4. The Morgan fingerprint density at radius 1 is 0.586 bits per heavy atom. The first kappa shape index (κ1) is 64.4. The third kappa shape index (κ3) is 25.8. The van der Waals surface area contributed by atoms with Crippen molar-refractivity contribution < 1.29 is 27.7 Å². The lowest BCUT2D eigenvalue weighted by atomic mass is 9.89. The first-order valence-electron chi connectivity index (χ1n) is 23.9. The van der Waals surface area contributed by atoms with Crippen LogP contribution in [0.5, 0.6) is 0 Å². The van der Waals surface area contributed by atoms with Gasteiger partial charge in [-0.2, -0.15) is 10.5 Å². The second-order valence-corrected chi connectivity index (χ2v) is 32.9. The zero-order valence-corrected chi connectivity index (χ0v) is 47.7. The van der Waals surface area contributed by atoms with Gasteiger partial charge in [0.1, 0.15) is 17.7 Å². The van der Waals surface area contributed by atoms with Gasteiger partial charge in [-0.1, -0.05) is 135 Å². The van der Waals surface area contributed by atoms with Gasteiger partial charge in [0.2, 0.25) is 0 Å². The predicted octanol–water partition coefficient (Wildman–Crippen LogP) is 15.5. The molecule has 0 saturated carbocycles. The second kappa shape index (κ2) is 33.0. The summed E-state index contributed by atoms with van der Waals surface area (Å²) in [6, 6.07) is 35.6. The summed E-state index contributed by atoms with van der Waals surface area (Å²) in [5.74, 6) is 0.338. The van der Waals surface area contributed by atoms with E-state index >= 15 is 0 Å². The minimum atomic E-state index is -1.79. The largest absolute Gasteiger partial charge is 0.405 e. The molecule has 0 radical (unpaired) electrons. The molecule has 0 saturated heterocycles. The van der Waals surface area contributed by atoms with Crippen molar-refractivity contribution in [2.24, 2.45) is 0 Å². The first-order valence-corrected chi connectivity index (χ1v) is 34.2. The molecule has 4 rings (SSSR count). The maximum Gasteiger partial charge on any atom is 0.193 e. The molecule has 0 bridgehead atoms. The lowest BCUT2D eigenvalue weighted by Crippen LogP contribution is -2.46. The molecule has 0 fully saturated rings. The van der Waals surface area contributed by atoms with Crippen LogP contribution in [0.15, 0.2) is 148 Å². The molecule has 4 aromatic carbocycles. The molecule has 11 heteroatoms. The number of hydrogen-bond donors (Lipinski definition) is 0. The molecule has 0 aliphatic heterocycles. The summed E-state index contributed by atoms with van der Waals surface area (Å²) >= 11 is 0. The summed E-state index contributed by atoms with van der Waals surface area (Å²) in [6.45, 7) is 41.1. The highest BCUT2D eigenvalue weighted by atomic mass is 28.4. The Balaban J connectivity index is 0.000000890. The van der Waals surface area contributed by atoms with Crippen LogP contribution < -0.4 is 0 Å². The predicted molar refractivity (Wildman–Crippen MR) is 301 cm³/mol. The van der Waals surface area contributed by atoms with E-state index in [1.807, 2.05) is 136 Å². The molecule has 3 atom stereocenters. The van der Waals surface area contributed by atoms with Crippen molar-refractivity contribution in [2.75, 3.05) is 0 Å². The Morgan fingerprint density at radius 3 is 1.27 bits per heavy atom. The van der Waals surface area contributed by atoms with E-state index in [9.17, 15) is 24.9 Å². The van der Waals surface area contributed by atoms with Crippen molar-refractivity contribution in [2.45, 2.75) is 143 Å². The number of Topliss-reactive ketones (excluding diaryl/α,β-unsaturated/α-hetero) is 2. The topological polar surface area (TPSA) is 126 Å². The average molecular weight is 1000 g/mol. The molecule has 8 nitrogen and oxygen atoms in total. The van der Waals surface area contributed by atoms with Crippen LogP contribution in [0.4, 0.5) is 0 Å². The molecular weight excluding hydrogens is 917 g/mol. The summed E-state index contributed by atoms with van der Waals surface area (Å²) in [6.07, 6.45) is 11.6. The number of ketones is 2. The fourth-order valence-electron chi connectivity index (χ4n) is 6.59. The van der Waals surface area contributed by atoms with E-state index in [-0.39, 0.29) is 11.6 Å². The van der Waals surface area contributed by atoms with Crippen LogP contribution in [0, 0.1) is 22.7 Å². The molecular formula is C59H82N2O6Si3. The van der Waals surface area contributed by atoms with Gasteiger partial charge in [0.25, 0.3) is 0 Å². The first-order chi connectivity index (χ1) is 32.8. The maximum absolute atomic E-state index is 12.9. The van der Waals surface area contributed by atoms with Gasteiger partial charge in [0.15, 0.2) is 42.9 Å². The molecule has 0 aliphatic rings. The lowest BCUT2D eigenvalue weighted by molar-refractivity contribution is -0.116. The van der Waals surface area contributed by atoms with E-state index in [1.54, 1.807) is 13.0 Å². The molecule has 0 N–H and O–H groups in total. The summed E-state index contributed by atoms with van der Waals surface area (Å²) < 4.78 is 18.0. The number of carbonyl (C=O) groups excluding carboxylic acids is 3. The van der Waals surface area contributed by atoms with Crippen molar-refractivity contribution in [3.8, 4) is 12.1 Å². The molecule has 376 valence electrons. The van der Waals surface area contributed by atoms with E-state index < -0.39 is 42.8 Å². The highest BCUT2D eigenvalue weighted by Crippen LogP contribution is 2.29. The molecule has 0 amide bonds. The minimum absolute atomic E-state index is 0.0832. The number of allylic oxidation sites excluding steroid dienone is 4. The van der Waals surface area contributed by atoms with Gasteiger partial charge in [0, 0.05) is 17.5 Å². The van der Waals surface area contributed by atoms with Crippen LogP contribution in [-0.2, 0) is 43.8 Å². The van der Waals surface area contributed by atoms with E-state index in [2.05, 4.69) is 97.4 Å². The molecule has 4 aromatic rings. The Kier molecular flexibility index (Phi) is 30.4. The number of nitrogens with zero attached hydrogens (tertiary/aromatic N) is 2. The van der Waals surface area contributed by atoms with Crippen molar-refractivity contribution in [3.63, 3.8) is 0 Å². The summed E-state index contributed by atoms with van der Waals surface area (Å²) in [5, 5.41) is 18.5. The van der Waals surface area contributed by atoms with E-state index in [0.29, 0.717) is 19.3 Å². The average Bonchev–Trinajstić information content (AvgIpc) is 3.30. The van der Waals surface area contributed by atoms with E-state index in [0.717, 1.165) is 70.1 Å². The van der Waals surface area contributed by atoms with Gasteiger partial charge in [0.05, 0.1) is 12.1 Å². The molecule has 0 heterocycles. The Morgan fingerprint density at radius 2 is 0.929 bits per heavy atom. The highest BCUT2D eigenvalue weighted by Gasteiger charge is 2.38. The zero-order chi connectivity index (χ0) is 53.6. The molecule has 70 heavy (non-hydrogen) atoms. The molecule has 3 unspecified atom stereocenters. The van der Waals surface area contributed by atoms with E-state index in [1.165, 1.54) is 0 Å². The Bertz CT molecular complexity index is 2280. The number of aldehydes is 1. The van der Waals surface area contributed by atoms with Crippen LogP contribution in [0.25, 0.3) is 0 Å². The van der Waals surface area contributed by atoms with Crippen LogP contribution in [0.2, 0.25) is 58.9 Å². The van der Waals surface area contributed by atoms with Gasteiger partial charge in [-0.25, -0.2) is 0 Å². The lowest BCUT2D eigenvalue weighted by Gasteiger charge is -2.34. The van der Waals surface area contributed by atoms with Crippen LogP contribution in [0.1, 0.15) is 107 Å². The normalized spacial score (nSPS) is 12.4. The fraction of sp³-hybridized carbons (Fsp3) is 0.373. The van der Waals surface area contributed by atoms with Crippen LogP contribution in [0.3, 0.4) is 0 Å². The van der Waals surface area contributed by atoms with Gasteiger partial charge < -0.3 is 18.1 Å². The highest BCUT2D eigenvalue weighted by molar-refractivity contribution is 6.70. The summed E-state index contributed by atoms with van der Waals surface area (Å²) in [7, 11) is -5.22. The Hall–Kier alpha value is -5.64. The van der Waals surface area contributed by atoms with Gasteiger partial charge in [-0.05, 0) is 138 Å². The third-order valence-electron chi connectivity index (χ3n) is 9.94. The minimum Gasteiger partial charge on any atom is -0.405 e. The molecule has 0 aromatic heterocycles. The van der Waals surface area contributed by atoms with Crippen molar-refractivity contribution in [1.82, 2.24) is 0 Å². The fourth-order valence-corrected chi connectivity index (χ4v) is 9.96. The smallest absolute Gasteiger partial charge is 0.193 e. The third-order valence-corrected chi connectivity index (χ3v) is 12.9. The SMILES string of the molecule is C=CCc1ccccc1C(=O)C(C)(CC)O[Si](C)(C)C.C=CCc1ccccc1C(C#N)O[Si](C)(C)C.C=CCc1ccccc1C(C#N)O[Si](C)(C)C.C=CCc1ccccc1C=O.CCC(C)=O. The summed E-state index contributed by atoms with van der Waals surface area (Å²) in [4.78, 5) is 33.2. The number of rotatable bonds is 21. The summed E-state index contributed by atoms with van der Waals surface area (Å²) in [5.41, 5.74) is 7.02. The van der Waals surface area contributed by atoms with Gasteiger partial charge >= 0.3 is 0 Å². The van der Waals surface area contributed by atoms with Gasteiger partial charge in [-0.15, -0.1) is 26.3 Å². The number of nitriles is 2. The Labute approximate surface area is 426 Å². The monoisotopic (exact) mass is 999 g/mol. The quantitative estimate of drug-likeness (QED) is 0.0350. The van der Waals surface area contributed by atoms with Crippen molar-refractivity contribution >= 4 is 42.8 Å². The van der Waals surface area contributed by atoms with Crippen LogP contribution >= 0.6 is 0 Å². The number of hydrogen-bond acceptors (Lipinski definition) is 8. The standard InChI is InChI=1S/C17H26O2Si.2C14H19NOSi.C10H10O.C4H8O/c1-7-11-14-12-9-10-13-15(14)16(18)17(3,8-2)19-20(4,5)6;2*1-5-8-12-9-6-7-10-13(12)14(11-15)16-17(2,3)4;1-2-5-9-6-3-4-7-10(9)8-11;1-3-4(2)5/h7,9-10,12-13H,1,8,11H2,2-6H3;2*5-7,9-10,14H,1,8H2,2-4H3;2-4,6-8H,1,5H2;3H2,1-2H3. The van der Waals surface area contributed by atoms with E-state index in [4.69, 9.17) is 13.3 Å². The van der Waals surface area contributed by atoms with Crippen molar-refractivity contribution in [3.05, 3.63) is 192 Å². The van der Waals surface area contributed by atoms with Crippen molar-refractivity contribution in [1.29, 1.82) is 10.5 Å².